The first kappa shape index (κ1) is 15.1. The molecule has 23 heavy (non-hydrogen) atoms. The summed E-state index contributed by atoms with van der Waals surface area (Å²) in [6.45, 7) is 1.47. The fourth-order valence-electron chi connectivity index (χ4n) is 2.47. The Bertz CT molecular complexity index is 696. The van der Waals surface area contributed by atoms with E-state index < -0.39 is 0 Å². The summed E-state index contributed by atoms with van der Waals surface area (Å²) in [6, 6.07) is 13.4. The molecule has 0 bridgehead atoms. The first-order chi connectivity index (χ1) is 11.2. The zero-order chi connectivity index (χ0) is 16.1. The molecule has 2 aromatic rings. The quantitative estimate of drug-likeness (QED) is 0.946. The lowest BCUT2D eigenvalue weighted by Crippen LogP contribution is -2.35. The Morgan fingerprint density at radius 3 is 2.70 bits per heavy atom. The summed E-state index contributed by atoms with van der Waals surface area (Å²) in [4.78, 5) is 18.1. The van der Waals surface area contributed by atoms with Gasteiger partial charge in [-0.15, -0.1) is 0 Å². The number of anilines is 1. The molecular weight excluding hydrogens is 290 g/mol. The maximum absolute atomic E-state index is 12.1. The number of amides is 1. The molecule has 5 heteroatoms. The van der Waals surface area contributed by atoms with Crippen LogP contribution in [0.4, 0.5) is 10.5 Å². The Kier molecular flexibility index (Phi) is 4.57. The lowest BCUT2D eigenvalue weighted by molar-refractivity contribution is 0.0998. The number of nitrogen functional groups attached to an aromatic ring is 1. The summed E-state index contributed by atoms with van der Waals surface area (Å²) >= 11 is 0. The second-order valence-electron chi connectivity index (χ2n) is 5.44. The van der Waals surface area contributed by atoms with E-state index in [-0.39, 0.29) is 6.09 Å². The van der Waals surface area contributed by atoms with Crippen molar-refractivity contribution in [1.82, 2.24) is 9.88 Å². The van der Waals surface area contributed by atoms with Gasteiger partial charge in [0.25, 0.3) is 0 Å². The number of ether oxygens (including phenoxy) is 1. The average Bonchev–Trinajstić information content (AvgIpc) is 2.61. The van der Waals surface area contributed by atoms with Crippen LogP contribution in [0.15, 0.2) is 54.7 Å². The Morgan fingerprint density at radius 2 is 2.04 bits per heavy atom. The molecule has 0 unspecified atom stereocenters. The van der Waals surface area contributed by atoms with Gasteiger partial charge in [-0.2, -0.15) is 0 Å². The maximum atomic E-state index is 12.1. The molecule has 2 N–H and O–H groups in total. The smallest absolute Gasteiger partial charge is 0.410 e. The van der Waals surface area contributed by atoms with E-state index in [1.807, 2.05) is 48.5 Å². The standard InChI is InChI=1S/C18H19N3O2/c19-16-6-7-17(20-12-16)15-8-10-21(11-9-15)18(22)23-13-14-4-2-1-3-5-14/h1-8,12H,9-11,13,19H2. The van der Waals surface area contributed by atoms with Crippen LogP contribution in [0.3, 0.4) is 0 Å². The molecule has 0 radical (unpaired) electrons. The molecular formula is C18H19N3O2. The van der Waals surface area contributed by atoms with Gasteiger partial charge in [-0.3, -0.25) is 4.98 Å². The number of aromatic nitrogens is 1. The van der Waals surface area contributed by atoms with Gasteiger partial charge in [0.15, 0.2) is 0 Å². The molecule has 1 aromatic carbocycles. The largest absolute Gasteiger partial charge is 0.445 e. The SMILES string of the molecule is Nc1ccc(C2=CCN(C(=O)OCc3ccccc3)CC2)nc1. The zero-order valence-corrected chi connectivity index (χ0v) is 12.8. The van der Waals surface area contributed by atoms with Crippen LogP contribution in [0.5, 0.6) is 0 Å². The molecule has 0 saturated carbocycles. The van der Waals surface area contributed by atoms with E-state index in [1.165, 1.54) is 0 Å². The predicted octanol–water partition coefficient (Wildman–Crippen LogP) is 3.09. The van der Waals surface area contributed by atoms with Crippen LogP contribution in [0.25, 0.3) is 5.57 Å². The molecule has 1 amide bonds. The molecule has 1 aliphatic rings. The molecule has 1 aliphatic heterocycles. The van der Waals surface area contributed by atoms with Gasteiger partial charge < -0.3 is 15.4 Å². The Morgan fingerprint density at radius 1 is 1.22 bits per heavy atom. The summed E-state index contributed by atoms with van der Waals surface area (Å²) < 4.78 is 5.35. The normalized spacial score (nSPS) is 14.3. The predicted molar refractivity (Wildman–Crippen MR) is 89.4 cm³/mol. The fourth-order valence-corrected chi connectivity index (χ4v) is 2.47. The third-order valence-corrected chi connectivity index (χ3v) is 3.79. The number of benzene rings is 1. The topological polar surface area (TPSA) is 68.5 Å². The van der Waals surface area contributed by atoms with Crippen LogP contribution < -0.4 is 5.73 Å². The first-order valence-electron chi connectivity index (χ1n) is 7.59. The van der Waals surface area contributed by atoms with Gasteiger partial charge in [0.1, 0.15) is 6.61 Å². The number of carbonyl (C=O) groups excluding carboxylic acids is 1. The third kappa shape index (κ3) is 3.88. The second kappa shape index (κ2) is 6.96. The number of rotatable bonds is 3. The van der Waals surface area contributed by atoms with E-state index in [9.17, 15) is 4.79 Å². The van der Waals surface area contributed by atoms with Gasteiger partial charge in [-0.05, 0) is 29.7 Å². The fraction of sp³-hybridized carbons (Fsp3) is 0.222. The van der Waals surface area contributed by atoms with Crippen LogP contribution >= 0.6 is 0 Å². The van der Waals surface area contributed by atoms with E-state index in [4.69, 9.17) is 10.5 Å². The average molecular weight is 309 g/mol. The van der Waals surface area contributed by atoms with E-state index in [0.29, 0.717) is 25.4 Å². The minimum absolute atomic E-state index is 0.283. The Hall–Kier alpha value is -2.82. The van der Waals surface area contributed by atoms with E-state index in [1.54, 1.807) is 11.1 Å². The van der Waals surface area contributed by atoms with Gasteiger partial charge in [0, 0.05) is 13.1 Å². The van der Waals surface area contributed by atoms with Crippen molar-refractivity contribution in [3.8, 4) is 0 Å². The van der Waals surface area contributed by atoms with Crippen molar-refractivity contribution in [2.24, 2.45) is 0 Å². The van der Waals surface area contributed by atoms with Gasteiger partial charge in [-0.1, -0.05) is 36.4 Å². The number of pyridine rings is 1. The van der Waals surface area contributed by atoms with Gasteiger partial charge >= 0.3 is 6.09 Å². The van der Waals surface area contributed by atoms with Gasteiger partial charge in [0.05, 0.1) is 17.6 Å². The molecule has 118 valence electrons. The van der Waals surface area contributed by atoms with Crippen molar-refractivity contribution in [1.29, 1.82) is 0 Å². The Labute approximate surface area is 135 Å². The van der Waals surface area contributed by atoms with Crippen LogP contribution in [0.2, 0.25) is 0 Å². The Balaban J connectivity index is 1.55. The second-order valence-corrected chi connectivity index (χ2v) is 5.44. The van der Waals surface area contributed by atoms with Crippen LogP contribution in [0, 0.1) is 0 Å². The minimum atomic E-state index is -0.283. The van der Waals surface area contributed by atoms with Crippen molar-refractivity contribution in [2.75, 3.05) is 18.8 Å². The molecule has 3 rings (SSSR count). The summed E-state index contributed by atoms with van der Waals surface area (Å²) in [7, 11) is 0. The molecule has 2 heterocycles. The van der Waals surface area contributed by atoms with E-state index in [0.717, 1.165) is 23.3 Å². The highest BCUT2D eigenvalue weighted by Crippen LogP contribution is 2.21. The van der Waals surface area contributed by atoms with Crippen LogP contribution in [-0.4, -0.2) is 29.1 Å². The first-order valence-corrected chi connectivity index (χ1v) is 7.59. The number of nitrogens with two attached hydrogens (primary N) is 1. The highest BCUT2D eigenvalue weighted by Gasteiger charge is 2.19. The molecule has 0 aliphatic carbocycles. The van der Waals surface area contributed by atoms with Crippen molar-refractivity contribution >= 4 is 17.4 Å². The van der Waals surface area contributed by atoms with Crippen LogP contribution in [0.1, 0.15) is 17.7 Å². The summed E-state index contributed by atoms with van der Waals surface area (Å²) in [5.74, 6) is 0. The third-order valence-electron chi connectivity index (χ3n) is 3.79. The zero-order valence-electron chi connectivity index (χ0n) is 12.8. The van der Waals surface area contributed by atoms with Crippen molar-refractivity contribution in [2.45, 2.75) is 13.0 Å². The number of hydrogen-bond donors (Lipinski definition) is 1. The molecule has 0 atom stereocenters. The van der Waals surface area contributed by atoms with E-state index >= 15 is 0 Å². The summed E-state index contributed by atoms with van der Waals surface area (Å²) in [6.07, 6.45) is 4.15. The molecule has 1 aromatic heterocycles. The van der Waals surface area contributed by atoms with Gasteiger partial charge in [-0.25, -0.2) is 4.79 Å². The minimum Gasteiger partial charge on any atom is -0.445 e. The maximum Gasteiger partial charge on any atom is 0.410 e. The highest BCUT2D eigenvalue weighted by atomic mass is 16.6. The summed E-state index contributed by atoms with van der Waals surface area (Å²) in [5.41, 5.74) is 9.33. The molecule has 5 nitrogen and oxygen atoms in total. The number of hydrogen-bond acceptors (Lipinski definition) is 4. The van der Waals surface area contributed by atoms with Crippen molar-refractivity contribution in [3.05, 3.63) is 66.0 Å². The number of carbonyl (C=O) groups is 1. The summed E-state index contributed by atoms with van der Waals surface area (Å²) in [5, 5.41) is 0. The van der Waals surface area contributed by atoms with Crippen molar-refractivity contribution < 1.29 is 9.53 Å². The van der Waals surface area contributed by atoms with Gasteiger partial charge in [0.2, 0.25) is 0 Å². The highest BCUT2D eigenvalue weighted by molar-refractivity contribution is 5.71. The number of nitrogens with zero attached hydrogens (tertiary/aromatic N) is 2. The molecule has 0 fully saturated rings. The molecule has 0 saturated heterocycles. The monoisotopic (exact) mass is 309 g/mol. The lowest BCUT2D eigenvalue weighted by atomic mass is 10.0. The van der Waals surface area contributed by atoms with Crippen LogP contribution in [-0.2, 0) is 11.3 Å². The lowest BCUT2D eigenvalue weighted by Gasteiger charge is -2.25. The van der Waals surface area contributed by atoms with Crippen molar-refractivity contribution in [3.63, 3.8) is 0 Å². The molecule has 0 spiro atoms. The van der Waals surface area contributed by atoms with E-state index in [2.05, 4.69) is 4.98 Å².